The molecule has 2 fully saturated rings. The summed E-state index contributed by atoms with van der Waals surface area (Å²) in [6.07, 6.45) is -1.83. The number of amides is 3. The van der Waals surface area contributed by atoms with Gasteiger partial charge in [-0.3, -0.25) is 14.4 Å². The van der Waals surface area contributed by atoms with Crippen molar-refractivity contribution in [1.82, 2.24) is 15.1 Å². The molecule has 2 aliphatic rings. The van der Waals surface area contributed by atoms with Gasteiger partial charge in [0.1, 0.15) is 23.4 Å². The molecular weight excluding hydrogens is 460 g/mol. The predicted molar refractivity (Wildman–Crippen MR) is 122 cm³/mol. The topological polar surface area (TPSA) is 110 Å². The third-order valence-corrected chi connectivity index (χ3v) is 7.18. The molecule has 2 saturated heterocycles. The first-order chi connectivity index (χ1) is 16.4. The van der Waals surface area contributed by atoms with Gasteiger partial charge in [-0.05, 0) is 44.0 Å². The van der Waals surface area contributed by atoms with Gasteiger partial charge in [-0.15, -0.1) is 0 Å². The van der Waals surface area contributed by atoms with Crippen LogP contribution < -0.4 is 5.32 Å². The number of aromatic hydroxyl groups is 1. The number of carbonyl (C=O) groups excluding carboxylic acids is 3. The monoisotopic (exact) mass is 487 g/mol. The second-order valence-corrected chi connectivity index (χ2v) is 9.25. The summed E-state index contributed by atoms with van der Waals surface area (Å²) in [7, 11) is 0. The van der Waals surface area contributed by atoms with Crippen LogP contribution in [0.15, 0.2) is 42.5 Å². The summed E-state index contributed by atoms with van der Waals surface area (Å²) in [4.78, 5) is 40.0. The Balaban J connectivity index is 1.46. The lowest BCUT2D eigenvalue weighted by Gasteiger charge is -2.54. The number of aliphatic hydroxyl groups is 1. The number of alkyl halides is 2. The minimum Gasteiger partial charge on any atom is -0.508 e. The quantitative estimate of drug-likeness (QED) is 0.538. The average Bonchev–Trinajstić information content (AvgIpc) is 3.01. The van der Waals surface area contributed by atoms with Gasteiger partial charge in [0, 0.05) is 17.7 Å². The second kappa shape index (κ2) is 8.60. The van der Waals surface area contributed by atoms with Crippen molar-refractivity contribution in [2.45, 2.75) is 50.9 Å². The number of hydrogen-bond donors (Lipinski definition) is 3. The summed E-state index contributed by atoms with van der Waals surface area (Å²) in [5.74, 6) is -5.81. The zero-order valence-electron chi connectivity index (χ0n) is 19.6. The first-order valence-electron chi connectivity index (χ1n) is 11.2. The molecule has 2 heterocycles. The maximum Gasteiger partial charge on any atom is 0.290 e. The zero-order chi connectivity index (χ0) is 25.7. The van der Waals surface area contributed by atoms with E-state index < -0.39 is 54.4 Å². The number of halogens is 2. The third-order valence-electron chi connectivity index (χ3n) is 7.18. The molecule has 2 aromatic rings. The molecule has 0 aliphatic carbocycles. The van der Waals surface area contributed by atoms with Crippen molar-refractivity contribution in [3.8, 4) is 5.75 Å². The number of aryl methyl sites for hydroxylation is 1. The highest BCUT2D eigenvalue weighted by Crippen LogP contribution is 2.53. The number of phenols is 1. The third kappa shape index (κ3) is 3.81. The number of phenolic OH excluding ortho intramolecular Hbond substituents is 1. The van der Waals surface area contributed by atoms with Crippen LogP contribution in [0.3, 0.4) is 0 Å². The highest BCUT2D eigenvalue weighted by Gasteiger charge is 2.77. The first-order valence-corrected chi connectivity index (χ1v) is 11.2. The van der Waals surface area contributed by atoms with E-state index in [4.69, 9.17) is 0 Å². The Morgan fingerprint density at radius 2 is 1.86 bits per heavy atom. The number of β-lactam (4-membered cyclic amide) rings is 1. The minimum atomic E-state index is -3.40. The molecule has 4 rings (SSSR count). The van der Waals surface area contributed by atoms with Gasteiger partial charge in [-0.2, -0.15) is 0 Å². The molecule has 3 amide bonds. The van der Waals surface area contributed by atoms with E-state index in [-0.39, 0.29) is 17.9 Å². The molecule has 2 aromatic carbocycles. The molecule has 0 saturated carbocycles. The summed E-state index contributed by atoms with van der Waals surface area (Å²) in [5.41, 5.74) is 0.130. The number of likely N-dealkylation sites (tertiary alicyclic amines) is 2. The van der Waals surface area contributed by atoms with Crippen LogP contribution in [-0.4, -0.2) is 74.4 Å². The van der Waals surface area contributed by atoms with Gasteiger partial charge in [0.25, 0.3) is 17.7 Å². The Hall–Kier alpha value is -3.53. The largest absolute Gasteiger partial charge is 0.508 e. The first kappa shape index (κ1) is 24.6. The van der Waals surface area contributed by atoms with E-state index in [2.05, 4.69) is 5.32 Å². The summed E-state index contributed by atoms with van der Waals surface area (Å²) < 4.78 is 30.4. The molecule has 8 nitrogen and oxygen atoms in total. The van der Waals surface area contributed by atoms with Gasteiger partial charge >= 0.3 is 0 Å². The van der Waals surface area contributed by atoms with Crippen LogP contribution in [0.4, 0.5) is 8.78 Å². The number of carbonyl (C=O) groups is 3. The molecule has 3 atom stereocenters. The number of benzene rings is 2. The average molecular weight is 488 g/mol. The molecule has 0 spiro atoms. The van der Waals surface area contributed by atoms with Gasteiger partial charge in [-0.25, -0.2) is 8.78 Å². The summed E-state index contributed by atoms with van der Waals surface area (Å²) >= 11 is 0. The zero-order valence-corrected chi connectivity index (χ0v) is 19.6. The summed E-state index contributed by atoms with van der Waals surface area (Å²) in [6, 6.07) is 10.1. The fraction of sp³-hybridized carbons (Fsp3) is 0.400. The van der Waals surface area contributed by atoms with Gasteiger partial charge in [-0.1, -0.05) is 30.3 Å². The van der Waals surface area contributed by atoms with Crippen LogP contribution in [0, 0.1) is 13.8 Å². The second-order valence-electron chi connectivity index (χ2n) is 9.25. The number of rotatable bonds is 6. The van der Waals surface area contributed by atoms with Gasteiger partial charge in [0.05, 0.1) is 13.1 Å². The van der Waals surface area contributed by atoms with Crippen molar-refractivity contribution in [2.24, 2.45) is 0 Å². The normalized spacial score (nSPS) is 23.5. The van der Waals surface area contributed by atoms with Crippen LogP contribution in [-0.2, 0) is 16.1 Å². The van der Waals surface area contributed by atoms with Crippen LogP contribution in [0.1, 0.15) is 34.0 Å². The van der Waals surface area contributed by atoms with Crippen LogP contribution in [0.2, 0.25) is 0 Å². The van der Waals surface area contributed by atoms with Crippen molar-refractivity contribution < 1.29 is 33.4 Å². The molecule has 35 heavy (non-hydrogen) atoms. The van der Waals surface area contributed by atoms with Crippen molar-refractivity contribution >= 4 is 17.7 Å². The molecular formula is C25H27F2N3O5. The van der Waals surface area contributed by atoms with E-state index in [1.165, 1.54) is 32.0 Å². The number of hydrogen-bond acceptors (Lipinski definition) is 5. The predicted octanol–water partition coefficient (Wildman–Crippen LogP) is 1.75. The van der Waals surface area contributed by atoms with Crippen molar-refractivity contribution in [1.29, 1.82) is 0 Å². The molecule has 10 heteroatoms. The Morgan fingerprint density at radius 1 is 1.17 bits per heavy atom. The molecule has 1 unspecified atom stereocenters. The van der Waals surface area contributed by atoms with E-state index in [1.807, 2.05) is 19.1 Å². The number of nitrogens with zero attached hydrogens (tertiary/aromatic N) is 2. The maximum absolute atomic E-state index is 15.2. The number of aliphatic hydroxyl groups excluding tert-OH is 1. The Labute approximate surface area is 201 Å². The van der Waals surface area contributed by atoms with Gasteiger partial charge in [0.2, 0.25) is 5.91 Å². The summed E-state index contributed by atoms with van der Waals surface area (Å²) in [6.45, 7) is 3.04. The standard InChI is InChI=1S/C25H27F2N3O5/c1-14-7-4-5-8-16(14)12-30-23(35)20-24(30,3)25(26,27)13-29(20)22(34)19(32)11-28-21(33)17-9-6-10-18(31)15(17)2/h4-10,19-20,31-32H,11-13H2,1-3H3,(H,28,33)/t19-,20+,24?/m0/s1. The lowest BCUT2D eigenvalue weighted by molar-refractivity contribution is -0.192. The van der Waals surface area contributed by atoms with Crippen molar-refractivity contribution in [3.05, 3.63) is 64.7 Å². The van der Waals surface area contributed by atoms with E-state index >= 15 is 8.78 Å². The lowest BCUT2D eigenvalue weighted by Crippen LogP contribution is -2.78. The molecule has 0 aromatic heterocycles. The Bertz CT molecular complexity index is 1200. The molecule has 3 N–H and O–H groups in total. The minimum absolute atomic E-state index is 0.0159. The molecule has 2 aliphatic heterocycles. The number of nitrogens with one attached hydrogen (secondary N) is 1. The van der Waals surface area contributed by atoms with E-state index in [1.54, 1.807) is 12.1 Å². The van der Waals surface area contributed by atoms with Gasteiger partial charge in [0.15, 0.2) is 0 Å². The molecule has 0 radical (unpaired) electrons. The Morgan fingerprint density at radius 3 is 2.54 bits per heavy atom. The van der Waals surface area contributed by atoms with Crippen LogP contribution >= 0.6 is 0 Å². The van der Waals surface area contributed by atoms with Crippen LogP contribution in [0.25, 0.3) is 0 Å². The highest BCUT2D eigenvalue weighted by molar-refractivity contribution is 5.99. The SMILES string of the molecule is Cc1ccccc1CN1C(=O)[C@H]2N(C(=O)[C@@H](O)CNC(=O)c3cccc(O)c3C)CC(F)(F)C21C. The maximum atomic E-state index is 15.2. The smallest absolute Gasteiger partial charge is 0.290 e. The lowest BCUT2D eigenvalue weighted by atomic mass is 9.77. The Kier molecular flexibility index (Phi) is 6.04. The molecule has 186 valence electrons. The van der Waals surface area contributed by atoms with Gasteiger partial charge < -0.3 is 25.3 Å². The fourth-order valence-electron chi connectivity index (χ4n) is 4.84. The van der Waals surface area contributed by atoms with Crippen LogP contribution in [0.5, 0.6) is 5.75 Å². The van der Waals surface area contributed by atoms with E-state index in [9.17, 15) is 24.6 Å². The number of fused-ring (bicyclic) bond motifs is 1. The van der Waals surface area contributed by atoms with Crippen molar-refractivity contribution in [3.63, 3.8) is 0 Å². The summed E-state index contributed by atoms with van der Waals surface area (Å²) in [5, 5.41) is 22.5. The fourth-order valence-corrected chi connectivity index (χ4v) is 4.84. The molecule has 0 bridgehead atoms. The van der Waals surface area contributed by atoms with E-state index in [0.717, 1.165) is 16.0 Å². The highest BCUT2D eigenvalue weighted by atomic mass is 19.3. The van der Waals surface area contributed by atoms with E-state index in [0.29, 0.717) is 10.5 Å². The van der Waals surface area contributed by atoms with Crippen molar-refractivity contribution in [2.75, 3.05) is 13.1 Å².